The Morgan fingerprint density at radius 2 is 2.08 bits per heavy atom. The molecule has 6 nitrogen and oxygen atoms in total. The number of aromatic nitrogens is 1. The van der Waals surface area contributed by atoms with Gasteiger partial charge in [0.1, 0.15) is 0 Å². The van der Waals surface area contributed by atoms with Crippen LogP contribution in [0.3, 0.4) is 0 Å². The molecule has 134 valence electrons. The number of amides is 3. The number of benzene rings is 1. The van der Waals surface area contributed by atoms with Gasteiger partial charge in [-0.25, -0.2) is 4.79 Å². The van der Waals surface area contributed by atoms with Crippen LogP contribution in [0.5, 0.6) is 0 Å². The van der Waals surface area contributed by atoms with Crippen LogP contribution in [0.1, 0.15) is 33.1 Å². The van der Waals surface area contributed by atoms with Gasteiger partial charge in [-0.05, 0) is 36.4 Å². The fourth-order valence-electron chi connectivity index (χ4n) is 3.38. The third-order valence-electron chi connectivity index (χ3n) is 4.67. The molecule has 1 atom stereocenters. The van der Waals surface area contributed by atoms with Crippen molar-refractivity contribution in [1.29, 1.82) is 0 Å². The van der Waals surface area contributed by atoms with E-state index in [9.17, 15) is 9.59 Å². The van der Waals surface area contributed by atoms with E-state index in [-0.39, 0.29) is 18.0 Å². The molecule has 0 spiro atoms. The minimum atomic E-state index is -0.219. The summed E-state index contributed by atoms with van der Waals surface area (Å²) in [6.07, 6.45) is 4.46. The van der Waals surface area contributed by atoms with Gasteiger partial charge in [0.05, 0.1) is 5.52 Å². The van der Waals surface area contributed by atoms with E-state index in [2.05, 4.69) is 34.4 Å². The van der Waals surface area contributed by atoms with Crippen LogP contribution in [0, 0.1) is 0 Å². The van der Waals surface area contributed by atoms with Crippen molar-refractivity contribution >= 4 is 28.5 Å². The molecule has 2 heterocycles. The third kappa shape index (κ3) is 3.95. The molecule has 1 aliphatic rings. The van der Waals surface area contributed by atoms with Gasteiger partial charge in [0.15, 0.2) is 0 Å². The van der Waals surface area contributed by atoms with E-state index in [0.717, 1.165) is 30.6 Å². The Hall–Kier alpha value is -2.50. The fourth-order valence-corrected chi connectivity index (χ4v) is 3.38. The second kappa shape index (κ2) is 7.59. The lowest BCUT2D eigenvalue weighted by Crippen LogP contribution is -2.40. The van der Waals surface area contributed by atoms with Crippen molar-refractivity contribution in [3.05, 3.63) is 30.5 Å². The van der Waals surface area contributed by atoms with E-state index in [1.165, 1.54) is 5.39 Å². The fraction of sp³-hybridized carbons (Fsp3) is 0.474. The van der Waals surface area contributed by atoms with Crippen molar-refractivity contribution in [2.75, 3.05) is 18.4 Å². The standard InChI is InChI=1S/C19H26N4O2/c1-3-9-22-10-7-14-5-6-15(12-17(14)22)20-19(25)21-16-8-11-23(13-16)18(24)4-2/h5-7,10,12,16H,3-4,8-9,11,13H2,1-2H3,(H2,20,21,25)/t16-/m1/s1. The second-order valence-electron chi connectivity index (χ2n) is 6.56. The highest BCUT2D eigenvalue weighted by Gasteiger charge is 2.26. The quantitative estimate of drug-likeness (QED) is 0.876. The summed E-state index contributed by atoms with van der Waals surface area (Å²) >= 11 is 0. The zero-order chi connectivity index (χ0) is 17.8. The first-order valence-electron chi connectivity index (χ1n) is 9.05. The van der Waals surface area contributed by atoms with E-state index >= 15 is 0 Å². The number of hydrogen-bond acceptors (Lipinski definition) is 2. The first-order chi connectivity index (χ1) is 12.1. The van der Waals surface area contributed by atoms with Crippen molar-refractivity contribution in [3.8, 4) is 0 Å². The minimum Gasteiger partial charge on any atom is -0.347 e. The first-order valence-corrected chi connectivity index (χ1v) is 9.05. The molecule has 0 unspecified atom stereocenters. The molecule has 25 heavy (non-hydrogen) atoms. The summed E-state index contributed by atoms with van der Waals surface area (Å²) < 4.78 is 2.20. The number of carbonyl (C=O) groups is 2. The molecule has 1 aromatic carbocycles. The third-order valence-corrected chi connectivity index (χ3v) is 4.67. The number of rotatable bonds is 5. The smallest absolute Gasteiger partial charge is 0.319 e. The molecule has 0 radical (unpaired) electrons. The highest BCUT2D eigenvalue weighted by molar-refractivity contribution is 5.93. The van der Waals surface area contributed by atoms with Crippen molar-refractivity contribution in [3.63, 3.8) is 0 Å². The maximum absolute atomic E-state index is 12.3. The van der Waals surface area contributed by atoms with Crippen molar-refractivity contribution in [1.82, 2.24) is 14.8 Å². The average molecular weight is 342 g/mol. The maximum Gasteiger partial charge on any atom is 0.319 e. The summed E-state index contributed by atoms with van der Waals surface area (Å²) in [4.78, 5) is 25.8. The molecule has 1 saturated heterocycles. The Kier molecular flexibility index (Phi) is 5.26. The molecule has 0 aliphatic carbocycles. The van der Waals surface area contributed by atoms with Gasteiger partial charge in [-0.2, -0.15) is 0 Å². The van der Waals surface area contributed by atoms with Crippen LogP contribution >= 0.6 is 0 Å². The lowest BCUT2D eigenvalue weighted by atomic mass is 10.2. The van der Waals surface area contributed by atoms with Crippen LogP contribution in [0.2, 0.25) is 0 Å². The number of aryl methyl sites for hydroxylation is 1. The average Bonchev–Trinajstić information content (AvgIpc) is 3.22. The molecule has 3 rings (SSSR count). The Bertz CT molecular complexity index is 768. The number of fused-ring (bicyclic) bond motifs is 1. The van der Waals surface area contributed by atoms with Gasteiger partial charge in [0.2, 0.25) is 5.91 Å². The molecular formula is C19H26N4O2. The van der Waals surface area contributed by atoms with Gasteiger partial charge >= 0.3 is 6.03 Å². The predicted molar refractivity (Wildman–Crippen MR) is 99.7 cm³/mol. The summed E-state index contributed by atoms with van der Waals surface area (Å²) in [5, 5.41) is 7.05. The van der Waals surface area contributed by atoms with Crippen LogP contribution in [0.15, 0.2) is 30.5 Å². The SMILES string of the molecule is CCCn1ccc2ccc(NC(=O)N[C@@H]3CCN(C(=O)CC)C3)cc21. The van der Waals surface area contributed by atoms with Gasteiger partial charge in [0, 0.05) is 44.0 Å². The minimum absolute atomic E-state index is 0.0168. The monoisotopic (exact) mass is 342 g/mol. The number of hydrogen-bond donors (Lipinski definition) is 2. The van der Waals surface area contributed by atoms with E-state index in [1.54, 1.807) is 0 Å². The van der Waals surface area contributed by atoms with Crippen molar-refractivity contribution < 1.29 is 9.59 Å². The molecular weight excluding hydrogens is 316 g/mol. The molecule has 0 saturated carbocycles. The van der Waals surface area contributed by atoms with Crippen LogP contribution in [-0.2, 0) is 11.3 Å². The number of nitrogens with zero attached hydrogens (tertiary/aromatic N) is 2. The van der Waals surface area contributed by atoms with Crippen LogP contribution in [0.25, 0.3) is 10.9 Å². The molecule has 1 aromatic heterocycles. The molecule has 2 N–H and O–H groups in total. The van der Waals surface area contributed by atoms with E-state index < -0.39 is 0 Å². The largest absolute Gasteiger partial charge is 0.347 e. The topological polar surface area (TPSA) is 66.4 Å². The summed E-state index contributed by atoms with van der Waals surface area (Å²) in [5.41, 5.74) is 1.90. The van der Waals surface area contributed by atoms with Crippen molar-refractivity contribution in [2.45, 2.75) is 45.7 Å². The van der Waals surface area contributed by atoms with E-state index in [0.29, 0.717) is 19.5 Å². The highest BCUT2D eigenvalue weighted by atomic mass is 16.2. The molecule has 1 fully saturated rings. The van der Waals surface area contributed by atoms with Gasteiger partial charge < -0.3 is 20.1 Å². The maximum atomic E-state index is 12.3. The van der Waals surface area contributed by atoms with Crippen LogP contribution in [0.4, 0.5) is 10.5 Å². The highest BCUT2D eigenvalue weighted by Crippen LogP contribution is 2.21. The second-order valence-corrected chi connectivity index (χ2v) is 6.56. The van der Waals surface area contributed by atoms with Crippen molar-refractivity contribution in [2.24, 2.45) is 0 Å². The van der Waals surface area contributed by atoms with Gasteiger partial charge in [-0.15, -0.1) is 0 Å². The summed E-state index contributed by atoms with van der Waals surface area (Å²) in [6, 6.07) is 7.83. The predicted octanol–water partition coefficient (Wildman–Crippen LogP) is 3.18. The zero-order valence-electron chi connectivity index (χ0n) is 14.9. The number of likely N-dealkylation sites (tertiary alicyclic amines) is 1. The number of nitrogens with one attached hydrogen (secondary N) is 2. The van der Waals surface area contributed by atoms with Crippen LogP contribution in [-0.4, -0.2) is 40.5 Å². The Morgan fingerprint density at radius 1 is 1.24 bits per heavy atom. The Morgan fingerprint density at radius 3 is 2.84 bits per heavy atom. The lowest BCUT2D eigenvalue weighted by Gasteiger charge is -2.16. The number of carbonyl (C=O) groups excluding carboxylic acids is 2. The molecule has 2 aromatic rings. The first kappa shape index (κ1) is 17.3. The molecule has 0 bridgehead atoms. The molecule has 6 heteroatoms. The number of urea groups is 1. The molecule has 1 aliphatic heterocycles. The van der Waals surface area contributed by atoms with Crippen LogP contribution < -0.4 is 10.6 Å². The Balaban J connectivity index is 1.60. The normalized spacial score (nSPS) is 17.0. The zero-order valence-corrected chi connectivity index (χ0v) is 14.9. The summed E-state index contributed by atoms with van der Waals surface area (Å²) in [6.45, 7) is 6.28. The summed E-state index contributed by atoms with van der Waals surface area (Å²) in [5.74, 6) is 0.145. The summed E-state index contributed by atoms with van der Waals surface area (Å²) in [7, 11) is 0. The molecule has 3 amide bonds. The van der Waals surface area contributed by atoms with Gasteiger partial charge in [-0.3, -0.25) is 4.79 Å². The van der Waals surface area contributed by atoms with Gasteiger partial charge in [-0.1, -0.05) is 19.9 Å². The van der Waals surface area contributed by atoms with E-state index in [4.69, 9.17) is 0 Å². The van der Waals surface area contributed by atoms with Gasteiger partial charge in [0.25, 0.3) is 0 Å². The number of anilines is 1. The Labute approximate surface area is 148 Å². The van der Waals surface area contributed by atoms with E-state index in [1.807, 2.05) is 30.0 Å². The lowest BCUT2D eigenvalue weighted by molar-refractivity contribution is -0.129.